The minimum absolute atomic E-state index is 0.124. The van der Waals surface area contributed by atoms with Crippen LogP contribution in [0.2, 0.25) is 0 Å². The molecule has 12 heavy (non-hydrogen) atoms. The molecule has 0 bridgehead atoms. The van der Waals surface area contributed by atoms with E-state index in [2.05, 4.69) is 0 Å². The van der Waals surface area contributed by atoms with Crippen LogP contribution in [0.5, 0.6) is 11.5 Å². The molecule has 3 nitrogen and oxygen atoms in total. The number of phenols is 2. The standard InChI is InChI=1S/C9H13NO2/c1-6-8(11)4-7(10(2)3)5-9(6)12/h4-5,11-12H,1-3H3. The summed E-state index contributed by atoms with van der Waals surface area (Å²) in [6, 6.07) is 3.24. The van der Waals surface area contributed by atoms with Crippen LogP contribution in [0.15, 0.2) is 12.1 Å². The SMILES string of the molecule is Cc1c(O)cc(N(C)C)cc1O. The van der Waals surface area contributed by atoms with E-state index in [9.17, 15) is 10.2 Å². The van der Waals surface area contributed by atoms with Crippen molar-refractivity contribution in [2.45, 2.75) is 6.92 Å². The van der Waals surface area contributed by atoms with E-state index < -0.39 is 0 Å². The van der Waals surface area contributed by atoms with Gasteiger partial charge in [-0.25, -0.2) is 0 Å². The summed E-state index contributed by atoms with van der Waals surface area (Å²) >= 11 is 0. The lowest BCUT2D eigenvalue weighted by Gasteiger charge is -2.14. The van der Waals surface area contributed by atoms with Crippen LogP contribution in [-0.4, -0.2) is 24.3 Å². The number of rotatable bonds is 1. The Morgan fingerprint density at radius 1 is 1.08 bits per heavy atom. The monoisotopic (exact) mass is 167 g/mol. The number of nitrogens with zero attached hydrogens (tertiary/aromatic N) is 1. The van der Waals surface area contributed by atoms with Gasteiger partial charge in [-0.15, -0.1) is 0 Å². The van der Waals surface area contributed by atoms with E-state index in [1.54, 1.807) is 19.1 Å². The van der Waals surface area contributed by atoms with Crippen LogP contribution < -0.4 is 4.90 Å². The van der Waals surface area contributed by atoms with Crippen molar-refractivity contribution in [1.82, 2.24) is 0 Å². The molecule has 0 amide bonds. The Kier molecular flexibility index (Phi) is 2.13. The van der Waals surface area contributed by atoms with E-state index in [0.717, 1.165) is 5.69 Å². The third-order valence-electron chi connectivity index (χ3n) is 1.85. The number of hydrogen-bond acceptors (Lipinski definition) is 3. The molecule has 0 fully saturated rings. The average molecular weight is 167 g/mol. The number of hydrogen-bond donors (Lipinski definition) is 2. The first-order chi connectivity index (χ1) is 5.52. The number of anilines is 1. The molecule has 0 spiro atoms. The van der Waals surface area contributed by atoms with Gasteiger partial charge < -0.3 is 15.1 Å². The van der Waals surface area contributed by atoms with Crippen molar-refractivity contribution in [3.63, 3.8) is 0 Å². The van der Waals surface area contributed by atoms with Gasteiger partial charge in [0.05, 0.1) is 0 Å². The molecule has 0 aliphatic rings. The van der Waals surface area contributed by atoms with Crippen molar-refractivity contribution in [3.05, 3.63) is 17.7 Å². The van der Waals surface area contributed by atoms with Gasteiger partial charge in [-0.2, -0.15) is 0 Å². The summed E-state index contributed by atoms with van der Waals surface area (Å²) in [4.78, 5) is 1.82. The molecule has 1 rings (SSSR count). The second kappa shape index (κ2) is 2.93. The Bertz CT molecular complexity index is 272. The Labute approximate surface area is 71.9 Å². The van der Waals surface area contributed by atoms with E-state index in [-0.39, 0.29) is 11.5 Å². The number of phenolic OH excluding ortho intramolecular Hbond substituents is 2. The molecular weight excluding hydrogens is 154 g/mol. The average Bonchev–Trinajstić information content (AvgIpc) is 1.99. The molecule has 1 aromatic carbocycles. The van der Waals surface area contributed by atoms with Gasteiger partial charge in [0.2, 0.25) is 0 Å². The topological polar surface area (TPSA) is 43.7 Å². The van der Waals surface area contributed by atoms with Crippen molar-refractivity contribution in [2.75, 3.05) is 19.0 Å². The molecule has 0 aliphatic carbocycles. The van der Waals surface area contributed by atoms with Crippen LogP contribution in [-0.2, 0) is 0 Å². The third-order valence-corrected chi connectivity index (χ3v) is 1.85. The highest BCUT2D eigenvalue weighted by Crippen LogP contribution is 2.30. The molecule has 3 heteroatoms. The van der Waals surface area contributed by atoms with Crippen molar-refractivity contribution in [1.29, 1.82) is 0 Å². The molecule has 0 aliphatic heterocycles. The van der Waals surface area contributed by atoms with E-state index in [1.807, 2.05) is 19.0 Å². The Morgan fingerprint density at radius 3 is 1.83 bits per heavy atom. The first-order valence-electron chi connectivity index (χ1n) is 3.72. The maximum absolute atomic E-state index is 9.34. The van der Waals surface area contributed by atoms with Gasteiger partial charge in [-0.05, 0) is 6.92 Å². The summed E-state index contributed by atoms with van der Waals surface area (Å²) < 4.78 is 0. The Balaban J connectivity index is 3.21. The Hall–Kier alpha value is -1.38. The molecule has 0 unspecified atom stereocenters. The van der Waals surface area contributed by atoms with Crippen molar-refractivity contribution in [2.24, 2.45) is 0 Å². The van der Waals surface area contributed by atoms with E-state index in [4.69, 9.17) is 0 Å². The second-order valence-electron chi connectivity index (χ2n) is 3.00. The third kappa shape index (κ3) is 1.44. The van der Waals surface area contributed by atoms with Gasteiger partial charge in [-0.3, -0.25) is 0 Å². The minimum Gasteiger partial charge on any atom is -0.507 e. The van der Waals surface area contributed by atoms with Gasteiger partial charge in [0.15, 0.2) is 0 Å². The molecule has 1 aromatic rings. The van der Waals surface area contributed by atoms with Crippen molar-refractivity contribution in [3.8, 4) is 11.5 Å². The predicted molar refractivity (Wildman–Crippen MR) is 48.8 cm³/mol. The van der Waals surface area contributed by atoms with Crippen LogP contribution in [0, 0.1) is 6.92 Å². The molecule has 0 saturated heterocycles. The first-order valence-corrected chi connectivity index (χ1v) is 3.72. The molecular formula is C9H13NO2. The van der Waals surface area contributed by atoms with Crippen molar-refractivity contribution < 1.29 is 10.2 Å². The quantitative estimate of drug-likeness (QED) is 0.665. The molecule has 0 saturated carbocycles. The van der Waals surface area contributed by atoms with Crippen LogP contribution in [0.3, 0.4) is 0 Å². The highest BCUT2D eigenvalue weighted by Gasteiger charge is 2.05. The first kappa shape index (κ1) is 8.71. The summed E-state index contributed by atoms with van der Waals surface area (Å²) in [7, 11) is 3.70. The molecule has 0 aromatic heterocycles. The maximum atomic E-state index is 9.34. The largest absolute Gasteiger partial charge is 0.507 e. The lowest BCUT2D eigenvalue weighted by Crippen LogP contribution is -2.08. The van der Waals surface area contributed by atoms with Gasteiger partial charge in [0.1, 0.15) is 11.5 Å². The van der Waals surface area contributed by atoms with Gasteiger partial charge in [-0.1, -0.05) is 0 Å². The van der Waals surface area contributed by atoms with Crippen LogP contribution in [0.1, 0.15) is 5.56 Å². The normalized spacial score (nSPS) is 9.92. The highest BCUT2D eigenvalue weighted by atomic mass is 16.3. The summed E-state index contributed by atoms with van der Waals surface area (Å²) in [6.07, 6.45) is 0. The fourth-order valence-electron chi connectivity index (χ4n) is 0.928. The highest BCUT2D eigenvalue weighted by molar-refractivity contribution is 5.58. The maximum Gasteiger partial charge on any atom is 0.124 e. The van der Waals surface area contributed by atoms with E-state index in [0.29, 0.717) is 5.56 Å². The molecule has 0 atom stereocenters. The fraction of sp³-hybridized carbons (Fsp3) is 0.333. The van der Waals surface area contributed by atoms with Gasteiger partial charge >= 0.3 is 0 Å². The zero-order valence-electron chi connectivity index (χ0n) is 7.50. The van der Waals surface area contributed by atoms with Crippen LogP contribution in [0.4, 0.5) is 5.69 Å². The van der Waals surface area contributed by atoms with Crippen molar-refractivity contribution >= 4 is 5.69 Å². The van der Waals surface area contributed by atoms with E-state index >= 15 is 0 Å². The lowest BCUT2D eigenvalue weighted by molar-refractivity contribution is 0.443. The fourth-order valence-corrected chi connectivity index (χ4v) is 0.928. The van der Waals surface area contributed by atoms with Gasteiger partial charge in [0, 0.05) is 37.5 Å². The second-order valence-corrected chi connectivity index (χ2v) is 3.00. The minimum atomic E-state index is 0.124. The zero-order chi connectivity index (χ0) is 9.30. The molecule has 0 heterocycles. The molecule has 0 radical (unpaired) electrons. The molecule has 2 N–H and O–H groups in total. The van der Waals surface area contributed by atoms with Gasteiger partial charge in [0.25, 0.3) is 0 Å². The van der Waals surface area contributed by atoms with Crippen LogP contribution >= 0.6 is 0 Å². The van der Waals surface area contributed by atoms with Crippen LogP contribution in [0.25, 0.3) is 0 Å². The van der Waals surface area contributed by atoms with E-state index in [1.165, 1.54) is 0 Å². The number of aromatic hydroxyl groups is 2. The summed E-state index contributed by atoms with van der Waals surface area (Å²) in [5, 5.41) is 18.7. The summed E-state index contributed by atoms with van der Waals surface area (Å²) in [5.41, 5.74) is 1.30. The lowest BCUT2D eigenvalue weighted by atomic mass is 10.2. The zero-order valence-corrected chi connectivity index (χ0v) is 7.50. The summed E-state index contributed by atoms with van der Waals surface area (Å²) in [5.74, 6) is 0.248. The predicted octanol–water partition coefficient (Wildman–Crippen LogP) is 1.47. The Morgan fingerprint density at radius 2 is 1.50 bits per heavy atom. The number of benzene rings is 1. The summed E-state index contributed by atoms with van der Waals surface area (Å²) in [6.45, 7) is 1.67. The smallest absolute Gasteiger partial charge is 0.124 e. The molecule has 66 valence electrons.